The van der Waals surface area contributed by atoms with Crippen molar-refractivity contribution in [3.8, 4) is 0 Å². The van der Waals surface area contributed by atoms with Gasteiger partial charge < -0.3 is 21.1 Å². The highest BCUT2D eigenvalue weighted by Crippen LogP contribution is 2.33. The molecule has 0 radical (unpaired) electrons. The first-order chi connectivity index (χ1) is 10.6. The second-order valence-corrected chi connectivity index (χ2v) is 6.99. The van der Waals surface area contributed by atoms with E-state index in [1.54, 1.807) is 0 Å². The molecule has 4 N–H and O–H groups in total. The van der Waals surface area contributed by atoms with Crippen LogP contribution in [0.3, 0.4) is 0 Å². The minimum Gasteiger partial charge on any atom is -0.481 e. The molecule has 3 atom stereocenters. The number of thioether (sulfide) groups is 1. The maximum absolute atomic E-state index is 11.6. The largest absolute Gasteiger partial charge is 0.481 e. The fourth-order valence-corrected chi connectivity index (χ4v) is 4.37. The van der Waals surface area contributed by atoms with Gasteiger partial charge in [-0.25, -0.2) is 4.79 Å². The third-order valence-corrected chi connectivity index (χ3v) is 5.48. The fourth-order valence-electron chi connectivity index (χ4n) is 2.83. The fraction of sp³-hybridized carbons (Fsp3) is 0.786. The van der Waals surface area contributed by atoms with E-state index in [-0.39, 0.29) is 30.4 Å². The monoisotopic (exact) mass is 329 g/mol. The van der Waals surface area contributed by atoms with E-state index in [0.29, 0.717) is 24.6 Å². The number of hydrogen-bond donors (Lipinski definition) is 4. The topological polar surface area (TPSA) is 108 Å². The summed E-state index contributed by atoms with van der Waals surface area (Å²) in [6.07, 6.45) is 3.81. The van der Waals surface area contributed by atoms with Crippen LogP contribution in [0.1, 0.15) is 38.5 Å². The van der Waals surface area contributed by atoms with Crippen LogP contribution < -0.4 is 16.0 Å². The van der Waals surface area contributed by atoms with Crippen LogP contribution in [0.4, 0.5) is 4.79 Å². The highest BCUT2D eigenvalue weighted by Gasteiger charge is 2.42. The van der Waals surface area contributed by atoms with E-state index in [1.165, 1.54) is 0 Å². The van der Waals surface area contributed by atoms with Crippen LogP contribution in [-0.2, 0) is 9.59 Å². The molecule has 2 saturated heterocycles. The number of aliphatic carboxylic acids is 1. The van der Waals surface area contributed by atoms with Crippen LogP contribution in [0.15, 0.2) is 0 Å². The Morgan fingerprint density at radius 1 is 1.23 bits per heavy atom. The number of urea groups is 1. The van der Waals surface area contributed by atoms with Crippen molar-refractivity contribution in [3.05, 3.63) is 0 Å². The molecule has 0 unspecified atom stereocenters. The highest BCUT2D eigenvalue weighted by atomic mass is 32.2. The molecule has 2 aliphatic heterocycles. The van der Waals surface area contributed by atoms with Gasteiger partial charge >= 0.3 is 12.0 Å². The SMILES string of the molecule is O=C(O)CCCNC(=O)CCCC[C@@H]1SC[C@@H]2NC(=O)N[C@@H]21. The molecule has 8 heteroatoms. The van der Waals surface area contributed by atoms with Crippen molar-refractivity contribution in [1.82, 2.24) is 16.0 Å². The van der Waals surface area contributed by atoms with Crippen LogP contribution in [0.25, 0.3) is 0 Å². The van der Waals surface area contributed by atoms with Crippen molar-refractivity contribution < 1.29 is 19.5 Å². The third-order valence-electron chi connectivity index (χ3n) is 3.97. The van der Waals surface area contributed by atoms with Gasteiger partial charge in [-0.1, -0.05) is 6.42 Å². The quantitative estimate of drug-likeness (QED) is 0.368. The number of carboxylic acid groups (broad SMARTS) is 1. The lowest BCUT2D eigenvalue weighted by atomic mass is 10.0. The molecular formula is C14H23N3O4S. The van der Waals surface area contributed by atoms with Gasteiger partial charge in [0.1, 0.15) is 0 Å². The Morgan fingerprint density at radius 3 is 2.82 bits per heavy atom. The highest BCUT2D eigenvalue weighted by molar-refractivity contribution is 8.00. The third kappa shape index (κ3) is 5.08. The summed E-state index contributed by atoms with van der Waals surface area (Å²) in [5.74, 6) is 0.103. The summed E-state index contributed by atoms with van der Waals surface area (Å²) in [4.78, 5) is 33.2. The Kier molecular flexibility index (Phi) is 6.35. The molecule has 2 aliphatic rings. The van der Waals surface area contributed by atoms with Crippen molar-refractivity contribution >= 4 is 29.7 Å². The molecule has 2 fully saturated rings. The second kappa shape index (κ2) is 8.26. The molecule has 0 aromatic rings. The minimum absolute atomic E-state index is 0.0156. The summed E-state index contributed by atoms with van der Waals surface area (Å²) in [6.45, 7) is 0.422. The lowest BCUT2D eigenvalue weighted by Crippen LogP contribution is -2.36. The molecule has 0 spiro atoms. The molecular weight excluding hydrogens is 306 g/mol. The molecule has 7 nitrogen and oxygen atoms in total. The van der Waals surface area contributed by atoms with Crippen LogP contribution in [0, 0.1) is 0 Å². The van der Waals surface area contributed by atoms with E-state index in [9.17, 15) is 14.4 Å². The predicted molar refractivity (Wildman–Crippen MR) is 83.8 cm³/mol. The summed E-state index contributed by atoms with van der Waals surface area (Å²) in [6, 6.07) is 0.406. The molecule has 2 heterocycles. The number of amides is 3. The molecule has 0 bridgehead atoms. The summed E-state index contributed by atoms with van der Waals surface area (Å²) < 4.78 is 0. The van der Waals surface area contributed by atoms with Crippen molar-refractivity contribution in [2.75, 3.05) is 12.3 Å². The van der Waals surface area contributed by atoms with Crippen molar-refractivity contribution in [2.24, 2.45) is 0 Å². The van der Waals surface area contributed by atoms with E-state index in [0.717, 1.165) is 25.0 Å². The first-order valence-electron chi connectivity index (χ1n) is 7.73. The van der Waals surface area contributed by atoms with Gasteiger partial charge in [0.2, 0.25) is 5.91 Å². The number of rotatable bonds is 9. The number of nitrogens with one attached hydrogen (secondary N) is 3. The van der Waals surface area contributed by atoms with Crippen LogP contribution >= 0.6 is 11.8 Å². The molecule has 22 heavy (non-hydrogen) atoms. The Hall–Kier alpha value is -1.44. The average molecular weight is 329 g/mol. The summed E-state index contributed by atoms with van der Waals surface area (Å²) in [5, 5.41) is 17.5. The number of unbranched alkanes of at least 4 members (excludes halogenated alkanes) is 1. The van der Waals surface area contributed by atoms with Gasteiger partial charge in [0.25, 0.3) is 0 Å². The zero-order chi connectivity index (χ0) is 15.9. The summed E-state index contributed by atoms with van der Waals surface area (Å²) in [7, 11) is 0. The molecule has 2 rings (SSSR count). The van der Waals surface area contributed by atoms with Gasteiger partial charge in [-0.3, -0.25) is 9.59 Å². The van der Waals surface area contributed by atoms with Crippen LogP contribution in [0.2, 0.25) is 0 Å². The van der Waals surface area contributed by atoms with Crippen molar-refractivity contribution in [3.63, 3.8) is 0 Å². The number of hydrogen-bond acceptors (Lipinski definition) is 4. The van der Waals surface area contributed by atoms with Gasteiger partial charge in [-0.05, 0) is 19.3 Å². The molecule has 0 aliphatic carbocycles. The minimum atomic E-state index is -0.838. The lowest BCUT2D eigenvalue weighted by Gasteiger charge is -2.16. The molecule has 0 aromatic heterocycles. The molecule has 0 saturated carbocycles. The Balaban J connectivity index is 1.51. The maximum atomic E-state index is 11.6. The van der Waals surface area contributed by atoms with Gasteiger partial charge in [0, 0.05) is 30.4 Å². The Labute approximate surface area is 134 Å². The van der Waals surface area contributed by atoms with Crippen molar-refractivity contribution in [2.45, 2.75) is 55.9 Å². The summed E-state index contributed by atoms with van der Waals surface area (Å²) >= 11 is 1.88. The predicted octanol–water partition coefficient (Wildman–Crippen LogP) is 0.693. The zero-order valence-corrected chi connectivity index (χ0v) is 13.3. The normalized spacial score (nSPS) is 26.2. The van der Waals surface area contributed by atoms with E-state index >= 15 is 0 Å². The van der Waals surface area contributed by atoms with Gasteiger partial charge in [0.15, 0.2) is 0 Å². The van der Waals surface area contributed by atoms with Gasteiger partial charge in [-0.15, -0.1) is 0 Å². The van der Waals surface area contributed by atoms with Gasteiger partial charge in [-0.2, -0.15) is 11.8 Å². The van der Waals surface area contributed by atoms with Crippen molar-refractivity contribution in [1.29, 1.82) is 0 Å². The second-order valence-electron chi connectivity index (χ2n) is 5.71. The summed E-state index contributed by atoms with van der Waals surface area (Å²) in [5.41, 5.74) is 0. The van der Waals surface area contributed by atoms with E-state index in [2.05, 4.69) is 16.0 Å². The maximum Gasteiger partial charge on any atom is 0.315 e. The first-order valence-corrected chi connectivity index (χ1v) is 8.78. The van der Waals surface area contributed by atoms with Gasteiger partial charge in [0.05, 0.1) is 12.1 Å². The van der Waals surface area contributed by atoms with Crippen LogP contribution in [-0.4, -0.2) is 52.6 Å². The lowest BCUT2D eigenvalue weighted by molar-refractivity contribution is -0.137. The zero-order valence-electron chi connectivity index (χ0n) is 12.5. The Morgan fingerprint density at radius 2 is 2.05 bits per heavy atom. The van der Waals surface area contributed by atoms with Crippen LogP contribution in [0.5, 0.6) is 0 Å². The molecule has 124 valence electrons. The number of carbonyl (C=O) groups excluding carboxylic acids is 2. The molecule has 0 aromatic carbocycles. The van der Waals surface area contributed by atoms with E-state index in [1.807, 2.05) is 11.8 Å². The standard InChI is InChI=1S/C14H23N3O4S/c18-11(15-7-3-6-12(19)20)5-2-1-4-10-13-9(8-22-10)16-14(21)17-13/h9-10,13H,1-8H2,(H,15,18)(H,19,20)(H2,16,17,21)/t9-,10-,13-/m0/s1. The van der Waals surface area contributed by atoms with E-state index in [4.69, 9.17) is 5.11 Å². The Bertz CT molecular complexity index is 432. The first kappa shape index (κ1) is 16.9. The number of fused-ring (bicyclic) bond motifs is 1. The molecule has 3 amide bonds. The number of carbonyl (C=O) groups is 3. The van der Waals surface area contributed by atoms with E-state index < -0.39 is 5.97 Å². The smallest absolute Gasteiger partial charge is 0.315 e. The average Bonchev–Trinajstić information content (AvgIpc) is 2.99. The number of carboxylic acids is 1.